The molecule has 0 saturated carbocycles. The predicted octanol–water partition coefficient (Wildman–Crippen LogP) is 3.93. The van der Waals surface area contributed by atoms with Gasteiger partial charge < -0.3 is 9.84 Å². The molecule has 0 aromatic heterocycles. The van der Waals surface area contributed by atoms with Gasteiger partial charge in [-0.2, -0.15) is 0 Å². The van der Waals surface area contributed by atoms with E-state index >= 15 is 0 Å². The van der Waals surface area contributed by atoms with E-state index in [0.717, 1.165) is 22.0 Å². The molecule has 0 aliphatic carbocycles. The molecule has 2 nitrogen and oxygen atoms in total. The van der Waals surface area contributed by atoms with Gasteiger partial charge in [0, 0.05) is 15.7 Å². The van der Waals surface area contributed by atoms with E-state index in [0.29, 0.717) is 5.02 Å². The van der Waals surface area contributed by atoms with Gasteiger partial charge in [0.05, 0.1) is 0 Å². The van der Waals surface area contributed by atoms with Crippen molar-refractivity contribution >= 4 is 23.4 Å². The Morgan fingerprint density at radius 2 is 1.89 bits per heavy atom. The lowest BCUT2D eigenvalue weighted by Gasteiger charge is -2.29. The third kappa shape index (κ3) is 2.73. The average Bonchev–Trinajstić information content (AvgIpc) is 2.47. The highest BCUT2D eigenvalue weighted by molar-refractivity contribution is 7.99. The quantitative estimate of drug-likeness (QED) is 0.909. The Morgan fingerprint density at radius 1 is 1.16 bits per heavy atom. The van der Waals surface area contributed by atoms with Gasteiger partial charge in [-0.1, -0.05) is 35.9 Å². The predicted molar refractivity (Wildman–Crippen MR) is 78.0 cm³/mol. The Balaban J connectivity index is 1.79. The van der Waals surface area contributed by atoms with E-state index in [9.17, 15) is 5.11 Å². The standard InChI is InChI=1S/C15H13ClO2S/c16-11-7-5-10(6-8-11)15(17)13-9-19-14-4-2-1-3-12(14)18-13/h1-8,13,15,17H,9H2. The normalized spacial score (nSPS) is 19.4. The van der Waals surface area contributed by atoms with Gasteiger partial charge in [-0.25, -0.2) is 0 Å². The molecule has 1 aliphatic heterocycles. The molecule has 19 heavy (non-hydrogen) atoms. The Bertz CT molecular complexity index is 571. The molecule has 0 saturated heterocycles. The van der Waals surface area contributed by atoms with Gasteiger partial charge in [0.25, 0.3) is 0 Å². The molecular formula is C15H13ClO2S. The fourth-order valence-electron chi connectivity index (χ4n) is 2.07. The van der Waals surface area contributed by atoms with Crippen molar-refractivity contribution in [1.82, 2.24) is 0 Å². The summed E-state index contributed by atoms with van der Waals surface area (Å²) in [6.07, 6.45) is -0.876. The van der Waals surface area contributed by atoms with Crippen molar-refractivity contribution in [1.29, 1.82) is 0 Å². The molecule has 1 aliphatic rings. The number of rotatable bonds is 2. The smallest absolute Gasteiger partial charge is 0.138 e. The number of aliphatic hydroxyl groups is 1. The van der Waals surface area contributed by atoms with E-state index in [1.165, 1.54) is 0 Å². The molecular weight excluding hydrogens is 280 g/mol. The molecule has 3 rings (SSSR count). The lowest BCUT2D eigenvalue weighted by atomic mass is 10.1. The van der Waals surface area contributed by atoms with Gasteiger partial charge in [0.2, 0.25) is 0 Å². The number of ether oxygens (including phenoxy) is 1. The third-order valence-electron chi connectivity index (χ3n) is 3.09. The summed E-state index contributed by atoms with van der Waals surface area (Å²) in [7, 11) is 0. The number of thioether (sulfide) groups is 1. The fourth-order valence-corrected chi connectivity index (χ4v) is 3.22. The van der Waals surface area contributed by atoms with E-state index in [4.69, 9.17) is 16.3 Å². The Morgan fingerprint density at radius 3 is 2.68 bits per heavy atom. The topological polar surface area (TPSA) is 29.5 Å². The summed E-state index contributed by atoms with van der Waals surface area (Å²) in [6, 6.07) is 15.1. The molecule has 0 amide bonds. The summed E-state index contributed by atoms with van der Waals surface area (Å²) < 4.78 is 5.87. The Hall–Kier alpha value is -1.16. The molecule has 2 aromatic rings. The van der Waals surface area contributed by atoms with Crippen LogP contribution in [0.5, 0.6) is 5.75 Å². The number of halogens is 1. The van der Waals surface area contributed by atoms with Crippen LogP contribution in [0.15, 0.2) is 53.4 Å². The van der Waals surface area contributed by atoms with Crippen molar-refractivity contribution in [2.24, 2.45) is 0 Å². The molecule has 98 valence electrons. The first-order chi connectivity index (χ1) is 9.24. The lowest BCUT2D eigenvalue weighted by molar-refractivity contribution is 0.0457. The number of para-hydroxylation sites is 1. The van der Waals surface area contributed by atoms with E-state index in [-0.39, 0.29) is 6.10 Å². The second-order valence-corrected chi connectivity index (χ2v) is 5.91. The molecule has 1 N–H and O–H groups in total. The van der Waals surface area contributed by atoms with Crippen LogP contribution < -0.4 is 4.74 Å². The molecule has 0 spiro atoms. The number of aliphatic hydroxyl groups excluding tert-OH is 1. The zero-order chi connectivity index (χ0) is 13.2. The van der Waals surface area contributed by atoms with Gasteiger partial charge in [-0.05, 0) is 29.8 Å². The first-order valence-electron chi connectivity index (χ1n) is 6.06. The highest BCUT2D eigenvalue weighted by Gasteiger charge is 2.27. The van der Waals surface area contributed by atoms with E-state index in [2.05, 4.69) is 0 Å². The van der Waals surface area contributed by atoms with Gasteiger partial charge in [0.15, 0.2) is 0 Å². The van der Waals surface area contributed by atoms with Crippen molar-refractivity contribution in [3.8, 4) is 5.75 Å². The molecule has 0 fully saturated rings. The second-order valence-electron chi connectivity index (χ2n) is 4.41. The Kier molecular flexibility index (Phi) is 3.69. The van der Waals surface area contributed by atoms with Gasteiger partial charge in [-0.15, -0.1) is 11.8 Å². The van der Waals surface area contributed by atoms with Crippen molar-refractivity contribution in [3.63, 3.8) is 0 Å². The highest BCUT2D eigenvalue weighted by Crippen LogP contribution is 2.38. The number of hydrogen-bond donors (Lipinski definition) is 1. The van der Waals surface area contributed by atoms with Crippen LogP contribution in [0, 0.1) is 0 Å². The summed E-state index contributed by atoms with van der Waals surface area (Å²) >= 11 is 7.56. The summed E-state index contributed by atoms with van der Waals surface area (Å²) in [5.74, 6) is 1.58. The number of benzene rings is 2. The van der Waals surface area contributed by atoms with Gasteiger partial charge >= 0.3 is 0 Å². The maximum Gasteiger partial charge on any atom is 0.138 e. The first kappa shape index (κ1) is 12.9. The molecule has 4 heteroatoms. The molecule has 1 heterocycles. The van der Waals surface area contributed by atoms with Crippen LogP contribution in [-0.2, 0) is 0 Å². The lowest BCUT2D eigenvalue weighted by Crippen LogP contribution is -2.30. The van der Waals surface area contributed by atoms with Crippen LogP contribution in [0.1, 0.15) is 11.7 Å². The fraction of sp³-hybridized carbons (Fsp3) is 0.200. The van der Waals surface area contributed by atoms with Crippen molar-refractivity contribution in [3.05, 3.63) is 59.1 Å². The van der Waals surface area contributed by atoms with Crippen LogP contribution in [0.2, 0.25) is 5.02 Å². The maximum absolute atomic E-state index is 10.4. The minimum absolute atomic E-state index is 0.235. The zero-order valence-corrected chi connectivity index (χ0v) is 11.7. The highest BCUT2D eigenvalue weighted by atomic mass is 35.5. The average molecular weight is 293 g/mol. The molecule has 2 unspecified atom stereocenters. The van der Waals surface area contributed by atoms with Crippen molar-refractivity contribution in [2.75, 3.05) is 5.75 Å². The minimum Gasteiger partial charge on any atom is -0.485 e. The first-order valence-corrected chi connectivity index (χ1v) is 7.42. The zero-order valence-electron chi connectivity index (χ0n) is 10.1. The molecule has 0 bridgehead atoms. The summed E-state index contributed by atoms with van der Waals surface area (Å²) in [6.45, 7) is 0. The van der Waals surface area contributed by atoms with Gasteiger partial charge in [0.1, 0.15) is 18.0 Å². The molecule has 2 atom stereocenters. The summed E-state index contributed by atoms with van der Waals surface area (Å²) in [5, 5.41) is 11.0. The Labute approximate surface area is 121 Å². The van der Waals surface area contributed by atoms with Crippen molar-refractivity contribution < 1.29 is 9.84 Å². The summed E-state index contributed by atoms with van der Waals surface area (Å²) in [5.41, 5.74) is 0.828. The second kappa shape index (κ2) is 5.45. The van der Waals surface area contributed by atoms with Crippen molar-refractivity contribution in [2.45, 2.75) is 17.1 Å². The van der Waals surface area contributed by atoms with E-state index < -0.39 is 6.10 Å². The molecule has 2 aromatic carbocycles. The third-order valence-corrected chi connectivity index (χ3v) is 4.49. The largest absolute Gasteiger partial charge is 0.485 e. The van der Waals surface area contributed by atoms with Crippen LogP contribution >= 0.6 is 23.4 Å². The van der Waals surface area contributed by atoms with Crippen LogP contribution in [0.3, 0.4) is 0 Å². The van der Waals surface area contributed by atoms with Crippen LogP contribution in [0.25, 0.3) is 0 Å². The van der Waals surface area contributed by atoms with Crippen LogP contribution in [0.4, 0.5) is 0 Å². The SMILES string of the molecule is OC(c1ccc(Cl)cc1)C1CSc2ccccc2O1. The van der Waals surface area contributed by atoms with Gasteiger partial charge in [-0.3, -0.25) is 0 Å². The van der Waals surface area contributed by atoms with Crippen LogP contribution in [-0.4, -0.2) is 17.0 Å². The monoisotopic (exact) mass is 292 g/mol. The summed E-state index contributed by atoms with van der Waals surface area (Å²) in [4.78, 5) is 1.13. The number of hydrogen-bond acceptors (Lipinski definition) is 3. The molecule has 0 radical (unpaired) electrons. The van der Waals surface area contributed by atoms with E-state index in [1.807, 2.05) is 36.4 Å². The minimum atomic E-state index is -0.641. The number of fused-ring (bicyclic) bond motifs is 1. The maximum atomic E-state index is 10.4. The van der Waals surface area contributed by atoms with E-state index in [1.54, 1.807) is 23.9 Å².